The first-order chi connectivity index (χ1) is 18.6. The number of benzene rings is 1. The summed E-state index contributed by atoms with van der Waals surface area (Å²) in [5.41, 5.74) is 0.0461. The van der Waals surface area contributed by atoms with Gasteiger partial charge in [0.1, 0.15) is 5.82 Å². The minimum Gasteiger partial charge on any atom is -0.310 e. The molecule has 32 heavy (non-hydrogen) atoms. The lowest BCUT2D eigenvalue weighted by Crippen LogP contribution is -2.54. The van der Waals surface area contributed by atoms with Gasteiger partial charge in [-0.2, -0.15) is 0 Å². The van der Waals surface area contributed by atoms with Gasteiger partial charge >= 0.3 is 0 Å². The zero-order valence-corrected chi connectivity index (χ0v) is 18.4. The van der Waals surface area contributed by atoms with Crippen molar-refractivity contribution in [3.63, 3.8) is 0 Å². The number of aromatic amines is 1. The topological polar surface area (TPSA) is 52.2 Å². The van der Waals surface area contributed by atoms with E-state index in [0.717, 1.165) is 43.4 Å². The lowest BCUT2D eigenvalue weighted by Gasteiger charge is -2.58. The number of nitrogens with one attached hydrogen (secondary N) is 1. The highest BCUT2D eigenvalue weighted by Crippen LogP contribution is 2.60. The summed E-state index contributed by atoms with van der Waals surface area (Å²) in [7, 11) is 0. The summed E-state index contributed by atoms with van der Waals surface area (Å²) in [4.78, 5) is 20.9. The van der Waals surface area contributed by atoms with Crippen LogP contribution in [0.2, 0.25) is 0 Å². The zero-order valence-electron chi connectivity index (χ0n) is 26.4. The Bertz CT molecular complexity index is 1410. The molecule has 7 rings (SSSR count). The normalized spacial score (nSPS) is 42.2. The number of rotatable bonds is 3. The van der Waals surface area contributed by atoms with Gasteiger partial charge in [0.2, 0.25) is 0 Å². The smallest absolute Gasteiger partial charge is 0.260 e. The van der Waals surface area contributed by atoms with Crippen LogP contribution in [0.5, 0.6) is 0 Å². The molecule has 5 fully saturated rings. The lowest BCUT2D eigenvalue weighted by molar-refractivity contribution is -0.0732. The van der Waals surface area contributed by atoms with Crippen LogP contribution in [0.15, 0.2) is 23.0 Å². The molecule has 0 atom stereocenters. The molecule has 168 valence electrons. The number of hydrogen-bond acceptors (Lipinski definition) is 4. The van der Waals surface area contributed by atoms with E-state index in [1.54, 1.807) is 25.1 Å². The SMILES string of the molecule is [2H]C1([2H])N(CC#Cc2cccc3nc(C)[nH]c(=O)c23)C([2H])([2H])C([2H])([2H])N(CC23CC4CC(CC(C4)C2)C3)C1([2H])[2H]. The Morgan fingerprint density at radius 2 is 1.75 bits per heavy atom. The summed E-state index contributed by atoms with van der Waals surface area (Å²) >= 11 is 0. The van der Waals surface area contributed by atoms with Gasteiger partial charge in [-0.1, -0.05) is 17.9 Å². The van der Waals surface area contributed by atoms with Crippen molar-refractivity contribution >= 4 is 10.9 Å². The number of aromatic nitrogens is 2. The highest BCUT2D eigenvalue weighted by Gasteiger charge is 2.51. The monoisotopic (exact) mass is 438 g/mol. The summed E-state index contributed by atoms with van der Waals surface area (Å²) in [5.74, 6) is 7.54. The maximum atomic E-state index is 12.6. The maximum Gasteiger partial charge on any atom is 0.260 e. The predicted octanol–water partition coefficient (Wildman–Crippen LogP) is 3.42. The highest BCUT2D eigenvalue weighted by atomic mass is 16.1. The number of piperazine rings is 1. The average Bonchev–Trinajstić information content (AvgIpc) is 2.82. The van der Waals surface area contributed by atoms with Crippen molar-refractivity contribution in [3.8, 4) is 11.8 Å². The third-order valence-electron chi connectivity index (χ3n) is 7.61. The summed E-state index contributed by atoms with van der Waals surface area (Å²) in [6, 6.07) is 4.95. The second-order valence-corrected chi connectivity index (χ2v) is 10.2. The van der Waals surface area contributed by atoms with Gasteiger partial charge in [-0.05, 0) is 80.8 Å². The van der Waals surface area contributed by atoms with Crippen LogP contribution in [0.1, 0.15) is 60.9 Å². The van der Waals surface area contributed by atoms with Gasteiger partial charge in [0, 0.05) is 49.1 Å². The van der Waals surface area contributed by atoms with Crippen molar-refractivity contribution in [2.24, 2.45) is 23.2 Å². The number of hydrogen-bond donors (Lipinski definition) is 1. The first-order valence-corrected chi connectivity index (χ1v) is 11.6. The van der Waals surface area contributed by atoms with Crippen molar-refractivity contribution in [1.82, 2.24) is 19.8 Å². The van der Waals surface area contributed by atoms with E-state index in [1.807, 2.05) is 0 Å². The summed E-state index contributed by atoms with van der Waals surface area (Å²) < 4.78 is 70.7. The summed E-state index contributed by atoms with van der Waals surface area (Å²) in [6.07, 6.45) is 6.06. The standard InChI is InChI=1S/C27H34N4O/c1-19-28-24-6-2-4-23(25(24)26(32)29-19)5-3-7-30-8-10-31(11-9-30)18-27-15-20-12-21(16-27)14-22(13-20)17-27/h2,4,6,20-22H,7-18H2,1H3,(H,28,29,32)/i8D2,9D2,10D2,11D2. The third kappa shape index (κ3) is 3.89. The van der Waals surface area contributed by atoms with Crippen molar-refractivity contribution in [2.45, 2.75) is 45.4 Å². The third-order valence-corrected chi connectivity index (χ3v) is 7.61. The van der Waals surface area contributed by atoms with Crippen LogP contribution in [0.3, 0.4) is 0 Å². The minimum atomic E-state index is -2.89. The van der Waals surface area contributed by atoms with Gasteiger partial charge in [0.05, 0.1) is 17.4 Å². The minimum absolute atomic E-state index is 0.0137. The summed E-state index contributed by atoms with van der Waals surface area (Å²) in [6.45, 7) is -10.4. The molecule has 5 nitrogen and oxygen atoms in total. The first kappa shape index (κ1) is 13.5. The molecule has 1 aliphatic heterocycles. The molecule has 4 bridgehead atoms. The quantitative estimate of drug-likeness (QED) is 0.746. The van der Waals surface area contributed by atoms with Crippen molar-refractivity contribution in [3.05, 3.63) is 39.9 Å². The van der Waals surface area contributed by atoms with Crippen LogP contribution in [-0.4, -0.2) is 58.8 Å². The fourth-order valence-corrected chi connectivity index (χ4v) is 6.90. The fourth-order valence-electron chi connectivity index (χ4n) is 6.90. The highest BCUT2D eigenvalue weighted by molar-refractivity contribution is 5.84. The molecule has 1 aromatic heterocycles. The van der Waals surface area contributed by atoms with Gasteiger partial charge in [-0.25, -0.2) is 4.98 Å². The van der Waals surface area contributed by atoms with Gasteiger partial charge in [0.15, 0.2) is 0 Å². The van der Waals surface area contributed by atoms with Gasteiger partial charge in [0.25, 0.3) is 5.56 Å². The Labute approximate surface area is 201 Å². The van der Waals surface area contributed by atoms with Crippen LogP contribution >= 0.6 is 0 Å². The largest absolute Gasteiger partial charge is 0.310 e. The van der Waals surface area contributed by atoms with E-state index in [2.05, 4.69) is 21.8 Å². The molecule has 0 unspecified atom stereocenters. The molecule has 5 heteroatoms. The number of nitrogens with zero attached hydrogens (tertiary/aromatic N) is 3. The van der Waals surface area contributed by atoms with E-state index in [4.69, 9.17) is 11.0 Å². The number of aryl methyl sites for hydroxylation is 1. The molecular weight excluding hydrogens is 396 g/mol. The Hall–Kier alpha value is -2.16. The molecule has 1 saturated heterocycles. The summed E-state index contributed by atoms with van der Waals surface area (Å²) in [5, 5.41) is 0.248. The van der Waals surface area contributed by atoms with E-state index in [9.17, 15) is 4.79 Å². The molecule has 2 heterocycles. The Morgan fingerprint density at radius 1 is 1.09 bits per heavy atom. The predicted molar refractivity (Wildman–Crippen MR) is 127 cm³/mol. The lowest BCUT2D eigenvalue weighted by atomic mass is 9.49. The molecular formula is C27H34N4O. The van der Waals surface area contributed by atoms with Crippen molar-refractivity contribution < 1.29 is 11.0 Å². The van der Waals surface area contributed by atoms with Crippen LogP contribution in [0.25, 0.3) is 10.9 Å². The van der Waals surface area contributed by atoms with Crippen molar-refractivity contribution in [2.75, 3.05) is 39.1 Å². The molecule has 0 radical (unpaired) electrons. The first-order valence-electron chi connectivity index (χ1n) is 15.6. The van der Waals surface area contributed by atoms with E-state index < -0.39 is 32.5 Å². The molecule has 0 amide bonds. The number of fused-ring (bicyclic) bond motifs is 1. The fraction of sp³-hybridized carbons (Fsp3) is 0.630. The molecule has 4 saturated carbocycles. The van der Waals surface area contributed by atoms with Crippen LogP contribution in [-0.2, 0) is 0 Å². The number of H-pyrrole nitrogens is 1. The van der Waals surface area contributed by atoms with Crippen LogP contribution in [0.4, 0.5) is 0 Å². The molecule has 1 aromatic carbocycles. The van der Waals surface area contributed by atoms with Crippen LogP contribution < -0.4 is 5.56 Å². The Balaban J connectivity index is 1.33. The Morgan fingerprint density at radius 3 is 2.44 bits per heavy atom. The van der Waals surface area contributed by atoms with Crippen molar-refractivity contribution in [1.29, 1.82) is 0 Å². The van der Waals surface area contributed by atoms with Crippen LogP contribution in [0, 0.1) is 41.9 Å². The van der Waals surface area contributed by atoms with E-state index in [0.29, 0.717) is 39.6 Å². The second kappa shape index (κ2) is 8.01. The maximum absolute atomic E-state index is 12.6. The molecule has 0 spiro atoms. The Kier molecular flexibility index (Phi) is 3.38. The second-order valence-electron chi connectivity index (χ2n) is 10.2. The average molecular weight is 439 g/mol. The van der Waals surface area contributed by atoms with Gasteiger partial charge in [-0.3, -0.25) is 9.69 Å². The molecule has 1 N–H and O–H groups in total. The van der Waals surface area contributed by atoms with E-state index in [1.165, 1.54) is 0 Å². The molecule has 4 aliphatic carbocycles. The zero-order chi connectivity index (χ0) is 28.9. The van der Waals surface area contributed by atoms with E-state index in [-0.39, 0.29) is 22.9 Å². The van der Waals surface area contributed by atoms with Gasteiger partial charge < -0.3 is 9.88 Å². The molecule has 5 aliphatic rings. The molecule has 2 aromatic rings. The van der Waals surface area contributed by atoms with E-state index >= 15 is 0 Å². The van der Waals surface area contributed by atoms with Gasteiger partial charge in [-0.15, -0.1) is 0 Å².